The molecule has 0 aliphatic heterocycles. The zero-order valence-electron chi connectivity index (χ0n) is 12.5. The summed E-state index contributed by atoms with van der Waals surface area (Å²) < 4.78 is 13.5. The van der Waals surface area contributed by atoms with Gasteiger partial charge in [-0.2, -0.15) is 0 Å². The Labute approximate surface area is 131 Å². The Kier molecular flexibility index (Phi) is 5.77. The van der Waals surface area contributed by atoms with E-state index in [4.69, 9.17) is 11.6 Å². The van der Waals surface area contributed by atoms with Crippen molar-refractivity contribution in [2.75, 3.05) is 6.54 Å². The van der Waals surface area contributed by atoms with Crippen molar-refractivity contribution in [1.29, 1.82) is 0 Å². The second kappa shape index (κ2) is 7.58. The predicted molar refractivity (Wildman–Crippen MR) is 87.3 cm³/mol. The molecule has 0 aliphatic carbocycles. The second-order valence-electron chi connectivity index (χ2n) is 5.35. The molecule has 112 valence electrons. The van der Waals surface area contributed by atoms with Crippen LogP contribution in [0.3, 0.4) is 0 Å². The van der Waals surface area contributed by atoms with Gasteiger partial charge < -0.3 is 5.32 Å². The van der Waals surface area contributed by atoms with Crippen LogP contribution in [0, 0.1) is 12.7 Å². The van der Waals surface area contributed by atoms with E-state index in [0.717, 1.165) is 30.0 Å². The smallest absolute Gasteiger partial charge is 0.126 e. The summed E-state index contributed by atoms with van der Waals surface area (Å²) in [5.74, 6) is -0.157. The Balaban J connectivity index is 2.22. The van der Waals surface area contributed by atoms with Crippen molar-refractivity contribution in [2.45, 2.75) is 32.7 Å². The minimum absolute atomic E-state index is 0.157. The summed E-state index contributed by atoms with van der Waals surface area (Å²) in [6.07, 6.45) is 1.90. The van der Waals surface area contributed by atoms with E-state index in [0.29, 0.717) is 5.56 Å². The molecule has 1 unspecified atom stereocenters. The Morgan fingerprint density at radius 2 is 2.00 bits per heavy atom. The lowest BCUT2D eigenvalue weighted by Crippen LogP contribution is -2.24. The molecule has 2 aromatic carbocycles. The van der Waals surface area contributed by atoms with E-state index in [2.05, 4.69) is 18.3 Å². The van der Waals surface area contributed by atoms with Crippen LogP contribution in [0.5, 0.6) is 0 Å². The number of benzene rings is 2. The molecule has 0 aliphatic rings. The quantitative estimate of drug-likeness (QED) is 0.785. The van der Waals surface area contributed by atoms with Crippen LogP contribution in [0.1, 0.15) is 36.1 Å². The Hall–Kier alpha value is -1.38. The summed E-state index contributed by atoms with van der Waals surface area (Å²) in [5, 5.41) is 4.28. The molecule has 0 heterocycles. The molecule has 0 spiro atoms. The van der Waals surface area contributed by atoms with Crippen molar-refractivity contribution in [2.24, 2.45) is 0 Å². The predicted octanol–water partition coefficient (Wildman–Crippen LogP) is 5.07. The first-order valence-corrected chi connectivity index (χ1v) is 7.72. The van der Waals surface area contributed by atoms with Crippen LogP contribution >= 0.6 is 11.6 Å². The number of nitrogens with one attached hydrogen (secondary N) is 1. The first-order chi connectivity index (χ1) is 10.1. The summed E-state index contributed by atoms with van der Waals surface area (Å²) in [4.78, 5) is 0. The van der Waals surface area contributed by atoms with Crippen molar-refractivity contribution in [1.82, 2.24) is 5.32 Å². The molecule has 0 bridgehead atoms. The first-order valence-electron chi connectivity index (χ1n) is 7.34. The van der Waals surface area contributed by atoms with Crippen LogP contribution in [-0.4, -0.2) is 6.54 Å². The fourth-order valence-electron chi connectivity index (χ4n) is 2.41. The second-order valence-corrected chi connectivity index (χ2v) is 5.79. The van der Waals surface area contributed by atoms with E-state index in [9.17, 15) is 4.39 Å². The number of rotatable bonds is 6. The van der Waals surface area contributed by atoms with Gasteiger partial charge in [0, 0.05) is 11.1 Å². The van der Waals surface area contributed by atoms with Crippen LogP contribution in [-0.2, 0) is 6.42 Å². The maximum absolute atomic E-state index is 13.5. The maximum atomic E-state index is 13.5. The summed E-state index contributed by atoms with van der Waals surface area (Å²) >= 11 is 6.05. The lowest BCUT2D eigenvalue weighted by atomic mass is 9.97. The highest BCUT2D eigenvalue weighted by molar-refractivity contribution is 6.30. The Morgan fingerprint density at radius 1 is 1.19 bits per heavy atom. The minimum Gasteiger partial charge on any atom is -0.310 e. The zero-order chi connectivity index (χ0) is 15.2. The number of hydrogen-bond acceptors (Lipinski definition) is 1. The third-order valence-electron chi connectivity index (χ3n) is 3.55. The molecule has 0 saturated heterocycles. The van der Waals surface area contributed by atoms with Crippen molar-refractivity contribution in [3.8, 4) is 0 Å². The van der Waals surface area contributed by atoms with Crippen molar-refractivity contribution < 1.29 is 4.39 Å². The zero-order valence-corrected chi connectivity index (χ0v) is 13.3. The molecule has 1 atom stereocenters. The number of aryl methyl sites for hydroxylation is 1. The van der Waals surface area contributed by atoms with Crippen LogP contribution in [0.25, 0.3) is 0 Å². The topological polar surface area (TPSA) is 12.0 Å². The van der Waals surface area contributed by atoms with Gasteiger partial charge in [-0.1, -0.05) is 42.8 Å². The van der Waals surface area contributed by atoms with E-state index < -0.39 is 0 Å². The molecule has 21 heavy (non-hydrogen) atoms. The van der Waals surface area contributed by atoms with E-state index in [-0.39, 0.29) is 11.9 Å². The van der Waals surface area contributed by atoms with Gasteiger partial charge in [-0.15, -0.1) is 0 Å². The molecular weight excluding hydrogens is 285 g/mol. The van der Waals surface area contributed by atoms with Crippen LogP contribution in [0.4, 0.5) is 4.39 Å². The monoisotopic (exact) mass is 305 g/mol. The van der Waals surface area contributed by atoms with Gasteiger partial charge in [0.05, 0.1) is 0 Å². The summed E-state index contributed by atoms with van der Waals surface area (Å²) in [6.45, 7) is 4.87. The third kappa shape index (κ3) is 4.55. The highest BCUT2D eigenvalue weighted by Gasteiger charge is 2.13. The number of hydrogen-bond donors (Lipinski definition) is 1. The molecule has 1 nitrogen and oxygen atoms in total. The summed E-state index contributed by atoms with van der Waals surface area (Å²) in [5.41, 5.74) is 2.97. The molecule has 2 aromatic rings. The maximum Gasteiger partial charge on any atom is 0.126 e. The van der Waals surface area contributed by atoms with Crippen molar-refractivity contribution in [3.63, 3.8) is 0 Å². The van der Waals surface area contributed by atoms with Gasteiger partial charge in [0.2, 0.25) is 0 Å². The SMILES string of the molecule is CCCNC(Cc1cccc(Cl)c1)c1ccc(F)c(C)c1. The fourth-order valence-corrected chi connectivity index (χ4v) is 2.62. The largest absolute Gasteiger partial charge is 0.310 e. The molecule has 1 N–H and O–H groups in total. The summed E-state index contributed by atoms with van der Waals surface area (Å²) in [6, 6.07) is 13.4. The minimum atomic E-state index is -0.157. The van der Waals surface area contributed by atoms with Gasteiger partial charge in [-0.25, -0.2) is 4.39 Å². The normalized spacial score (nSPS) is 12.4. The molecule has 3 heteroatoms. The van der Waals surface area contributed by atoms with E-state index >= 15 is 0 Å². The van der Waals surface area contributed by atoms with Crippen LogP contribution in [0.15, 0.2) is 42.5 Å². The lowest BCUT2D eigenvalue weighted by molar-refractivity contribution is 0.527. The highest BCUT2D eigenvalue weighted by Crippen LogP contribution is 2.22. The fraction of sp³-hybridized carbons (Fsp3) is 0.333. The van der Waals surface area contributed by atoms with Gasteiger partial charge in [0.15, 0.2) is 0 Å². The molecule has 0 fully saturated rings. The molecule has 2 rings (SSSR count). The van der Waals surface area contributed by atoms with Crippen LogP contribution < -0.4 is 5.32 Å². The highest BCUT2D eigenvalue weighted by atomic mass is 35.5. The van der Waals surface area contributed by atoms with Gasteiger partial charge in [-0.05, 0) is 61.2 Å². The van der Waals surface area contributed by atoms with Crippen molar-refractivity contribution >= 4 is 11.6 Å². The summed E-state index contributed by atoms with van der Waals surface area (Å²) in [7, 11) is 0. The average Bonchev–Trinajstić information content (AvgIpc) is 2.46. The van der Waals surface area contributed by atoms with Crippen LogP contribution in [0.2, 0.25) is 5.02 Å². The molecule has 0 saturated carbocycles. The average molecular weight is 306 g/mol. The van der Waals surface area contributed by atoms with Crippen molar-refractivity contribution in [3.05, 3.63) is 70.0 Å². The molecular formula is C18H21ClFN. The lowest BCUT2D eigenvalue weighted by Gasteiger charge is -2.20. The van der Waals surface area contributed by atoms with Gasteiger partial charge in [-0.3, -0.25) is 0 Å². The standard InChI is InChI=1S/C18H21ClFN/c1-3-9-21-18(12-14-5-4-6-16(19)11-14)15-7-8-17(20)13(2)10-15/h4-8,10-11,18,21H,3,9,12H2,1-2H3. The van der Waals surface area contributed by atoms with Gasteiger partial charge in [0.25, 0.3) is 0 Å². The molecule has 0 radical (unpaired) electrons. The Bertz CT molecular complexity index is 598. The van der Waals surface area contributed by atoms with Gasteiger partial charge in [0.1, 0.15) is 5.82 Å². The van der Waals surface area contributed by atoms with E-state index in [1.54, 1.807) is 13.0 Å². The molecule has 0 amide bonds. The van der Waals surface area contributed by atoms with E-state index in [1.165, 1.54) is 5.56 Å². The van der Waals surface area contributed by atoms with E-state index in [1.807, 2.05) is 30.3 Å². The third-order valence-corrected chi connectivity index (χ3v) is 3.79. The van der Waals surface area contributed by atoms with Gasteiger partial charge >= 0.3 is 0 Å². The molecule has 0 aromatic heterocycles. The number of halogens is 2. The Morgan fingerprint density at radius 3 is 2.67 bits per heavy atom. The first kappa shape index (κ1) is 16.0.